The lowest BCUT2D eigenvalue weighted by atomic mass is 9.75. The normalized spacial score (nSPS) is 21.8. The summed E-state index contributed by atoms with van der Waals surface area (Å²) in [6.45, 7) is 4.42. The number of nitro groups is 1. The highest BCUT2D eigenvalue weighted by molar-refractivity contribution is 5.65. The van der Waals surface area contributed by atoms with Crippen molar-refractivity contribution in [1.82, 2.24) is 0 Å². The summed E-state index contributed by atoms with van der Waals surface area (Å²) in [7, 11) is 0. The second-order valence-corrected chi connectivity index (χ2v) is 8.52. The van der Waals surface area contributed by atoms with Gasteiger partial charge in [0.05, 0.1) is 11.0 Å². The summed E-state index contributed by atoms with van der Waals surface area (Å²) in [4.78, 5) is 11.1. The molecule has 0 aromatic heterocycles. The van der Waals surface area contributed by atoms with E-state index in [0.29, 0.717) is 11.8 Å². The summed E-state index contributed by atoms with van der Waals surface area (Å²) in [6.07, 6.45) is 0.979. The maximum absolute atomic E-state index is 11.4. The predicted molar refractivity (Wildman–Crippen MR) is 115 cm³/mol. The van der Waals surface area contributed by atoms with Crippen LogP contribution in [0.4, 0.5) is 11.4 Å². The van der Waals surface area contributed by atoms with Crippen LogP contribution in [0, 0.1) is 16.0 Å². The molecule has 3 atom stereocenters. The van der Waals surface area contributed by atoms with Gasteiger partial charge in [0.25, 0.3) is 5.69 Å². The quantitative estimate of drug-likeness (QED) is 0.433. The van der Waals surface area contributed by atoms with Crippen molar-refractivity contribution in [3.63, 3.8) is 0 Å². The zero-order valence-corrected chi connectivity index (χ0v) is 16.6. The van der Waals surface area contributed by atoms with Crippen LogP contribution < -0.4 is 5.32 Å². The summed E-state index contributed by atoms with van der Waals surface area (Å²) in [6, 6.07) is 22.9. The van der Waals surface area contributed by atoms with E-state index >= 15 is 0 Å². The van der Waals surface area contributed by atoms with Crippen molar-refractivity contribution in [3.05, 3.63) is 105 Å². The molecule has 4 heteroatoms. The van der Waals surface area contributed by atoms with Gasteiger partial charge in [-0.05, 0) is 52.1 Å². The van der Waals surface area contributed by atoms with Crippen molar-refractivity contribution in [3.8, 4) is 0 Å². The van der Waals surface area contributed by atoms with Gasteiger partial charge >= 0.3 is 0 Å². The van der Waals surface area contributed by atoms with Gasteiger partial charge in [-0.25, -0.2) is 0 Å². The van der Waals surface area contributed by atoms with Gasteiger partial charge in [-0.15, -0.1) is 0 Å². The van der Waals surface area contributed by atoms with Gasteiger partial charge < -0.3 is 5.32 Å². The van der Waals surface area contributed by atoms with Crippen molar-refractivity contribution in [2.24, 2.45) is 5.92 Å². The number of nitro benzene ring substituents is 1. The standard InChI is InChI=1S/C25H24N2O2/c1-15(2)16-7-9-17(10-8-16)25-22-13-18-5-3-4-6-20(18)24(22)21-14-19(27(28)29)11-12-23(21)26-25/h3-12,14-15,22,24-26H,13H2,1-2H3. The molecule has 3 unspecified atom stereocenters. The monoisotopic (exact) mass is 384 g/mol. The number of hydrogen-bond donors (Lipinski definition) is 1. The highest BCUT2D eigenvalue weighted by Crippen LogP contribution is 2.54. The molecule has 1 aliphatic heterocycles. The van der Waals surface area contributed by atoms with Crippen LogP contribution in [-0.2, 0) is 6.42 Å². The van der Waals surface area contributed by atoms with E-state index < -0.39 is 0 Å². The molecule has 3 aromatic rings. The molecule has 0 fully saturated rings. The number of nitrogens with zero attached hydrogens (tertiary/aromatic N) is 1. The Bertz CT molecular complexity index is 1090. The van der Waals surface area contributed by atoms with Crippen molar-refractivity contribution >= 4 is 11.4 Å². The van der Waals surface area contributed by atoms with Gasteiger partial charge in [-0.1, -0.05) is 62.4 Å². The fraction of sp³-hybridized carbons (Fsp3) is 0.280. The Morgan fingerprint density at radius 3 is 2.48 bits per heavy atom. The Morgan fingerprint density at radius 2 is 1.76 bits per heavy atom. The summed E-state index contributed by atoms with van der Waals surface area (Å²) < 4.78 is 0. The summed E-state index contributed by atoms with van der Waals surface area (Å²) >= 11 is 0. The third kappa shape index (κ3) is 2.91. The van der Waals surface area contributed by atoms with Crippen LogP contribution in [0.15, 0.2) is 66.7 Å². The van der Waals surface area contributed by atoms with Crippen LogP contribution >= 0.6 is 0 Å². The predicted octanol–water partition coefficient (Wildman–Crippen LogP) is 6.19. The molecule has 0 saturated heterocycles. The van der Waals surface area contributed by atoms with E-state index in [9.17, 15) is 10.1 Å². The van der Waals surface area contributed by atoms with Crippen molar-refractivity contribution in [1.29, 1.82) is 0 Å². The van der Waals surface area contributed by atoms with Crippen LogP contribution in [0.2, 0.25) is 0 Å². The van der Waals surface area contributed by atoms with Gasteiger partial charge in [-0.3, -0.25) is 10.1 Å². The molecule has 0 amide bonds. The topological polar surface area (TPSA) is 55.2 Å². The zero-order valence-electron chi connectivity index (χ0n) is 16.6. The van der Waals surface area contributed by atoms with Crippen molar-refractivity contribution in [2.45, 2.75) is 38.1 Å². The number of benzene rings is 3. The molecule has 0 spiro atoms. The Hall–Kier alpha value is -3.14. The van der Waals surface area contributed by atoms with E-state index in [-0.39, 0.29) is 22.6 Å². The van der Waals surface area contributed by atoms with Crippen molar-refractivity contribution < 1.29 is 4.92 Å². The number of anilines is 1. The zero-order chi connectivity index (χ0) is 20.1. The SMILES string of the molecule is CC(C)c1ccc(C2Nc3ccc([N+](=O)[O-])cc3C3c4ccccc4CC23)cc1. The van der Waals surface area contributed by atoms with Gasteiger partial charge in [0.1, 0.15) is 0 Å². The largest absolute Gasteiger partial charge is 0.378 e. The molecule has 29 heavy (non-hydrogen) atoms. The minimum Gasteiger partial charge on any atom is -0.378 e. The molecular formula is C25H24N2O2. The second-order valence-electron chi connectivity index (χ2n) is 8.52. The van der Waals surface area contributed by atoms with Gasteiger partial charge in [0, 0.05) is 23.7 Å². The molecule has 146 valence electrons. The number of fused-ring (bicyclic) bond motifs is 5. The molecule has 1 aliphatic carbocycles. The van der Waals surface area contributed by atoms with E-state index in [1.54, 1.807) is 12.1 Å². The van der Waals surface area contributed by atoms with Crippen LogP contribution in [0.3, 0.4) is 0 Å². The van der Waals surface area contributed by atoms with Crippen molar-refractivity contribution in [2.75, 3.05) is 5.32 Å². The smallest absolute Gasteiger partial charge is 0.269 e. The molecule has 3 aromatic carbocycles. The first-order valence-corrected chi connectivity index (χ1v) is 10.3. The molecule has 0 radical (unpaired) electrons. The van der Waals surface area contributed by atoms with E-state index in [1.165, 1.54) is 22.3 Å². The summed E-state index contributed by atoms with van der Waals surface area (Å²) in [5.74, 6) is 1.03. The van der Waals surface area contributed by atoms with Gasteiger partial charge in [0.15, 0.2) is 0 Å². The number of non-ortho nitro benzene ring substituents is 1. The first-order chi connectivity index (χ1) is 14.0. The highest BCUT2D eigenvalue weighted by atomic mass is 16.6. The lowest BCUT2D eigenvalue weighted by molar-refractivity contribution is -0.384. The summed E-state index contributed by atoms with van der Waals surface area (Å²) in [5, 5.41) is 15.1. The maximum Gasteiger partial charge on any atom is 0.269 e. The number of rotatable bonds is 3. The highest BCUT2D eigenvalue weighted by Gasteiger charge is 2.43. The number of nitrogens with one attached hydrogen (secondary N) is 1. The molecule has 1 heterocycles. The molecule has 2 aliphatic rings. The lowest BCUT2D eigenvalue weighted by Gasteiger charge is -2.38. The van der Waals surface area contributed by atoms with Crippen LogP contribution in [0.5, 0.6) is 0 Å². The molecule has 0 saturated carbocycles. The molecule has 5 rings (SSSR count). The van der Waals surface area contributed by atoms with Gasteiger partial charge in [-0.2, -0.15) is 0 Å². The third-order valence-corrected chi connectivity index (χ3v) is 6.56. The van der Waals surface area contributed by atoms with E-state index in [2.05, 4.69) is 67.7 Å². The maximum atomic E-state index is 11.4. The van der Waals surface area contributed by atoms with E-state index in [1.807, 2.05) is 6.07 Å². The van der Waals surface area contributed by atoms with Gasteiger partial charge in [0.2, 0.25) is 0 Å². The first-order valence-electron chi connectivity index (χ1n) is 10.3. The average molecular weight is 384 g/mol. The first kappa shape index (κ1) is 17.9. The Labute approximate surface area is 170 Å². The van der Waals surface area contributed by atoms with Crippen LogP contribution in [-0.4, -0.2) is 4.92 Å². The van der Waals surface area contributed by atoms with Crippen LogP contribution in [0.25, 0.3) is 0 Å². The lowest BCUT2D eigenvalue weighted by Crippen LogP contribution is -2.30. The van der Waals surface area contributed by atoms with E-state index in [0.717, 1.165) is 17.7 Å². The minimum absolute atomic E-state index is 0.161. The fourth-order valence-electron chi connectivity index (χ4n) is 5.08. The third-order valence-electron chi connectivity index (χ3n) is 6.56. The molecule has 1 N–H and O–H groups in total. The Morgan fingerprint density at radius 1 is 1.00 bits per heavy atom. The Kier molecular flexibility index (Phi) is 4.16. The van der Waals surface area contributed by atoms with E-state index in [4.69, 9.17) is 0 Å². The number of hydrogen-bond acceptors (Lipinski definition) is 3. The molecule has 0 bridgehead atoms. The Balaban J connectivity index is 1.63. The summed E-state index contributed by atoms with van der Waals surface area (Å²) in [5.41, 5.74) is 7.49. The van der Waals surface area contributed by atoms with Crippen LogP contribution in [0.1, 0.15) is 59.5 Å². The second kappa shape index (κ2) is 6.73. The fourth-order valence-corrected chi connectivity index (χ4v) is 5.08. The molecular weight excluding hydrogens is 360 g/mol. The average Bonchev–Trinajstić information content (AvgIpc) is 3.12. The minimum atomic E-state index is -0.299. The molecule has 4 nitrogen and oxygen atoms in total.